The van der Waals surface area contributed by atoms with E-state index in [0.29, 0.717) is 11.3 Å². The minimum Gasteiger partial charge on any atom is -0.398 e. The average molecular weight is 189 g/mol. The van der Waals surface area contributed by atoms with Gasteiger partial charge in [-0.15, -0.1) is 0 Å². The number of nitrogens with two attached hydrogens (primary N) is 2. The minimum atomic E-state index is -0.245. The van der Waals surface area contributed by atoms with E-state index in [4.69, 9.17) is 11.5 Å². The third-order valence-corrected chi connectivity index (χ3v) is 1.64. The number of anilines is 1. The van der Waals surface area contributed by atoms with E-state index in [-0.39, 0.29) is 12.5 Å². The summed E-state index contributed by atoms with van der Waals surface area (Å²) in [6, 6.07) is 9.04. The van der Waals surface area contributed by atoms with E-state index in [1.165, 1.54) is 0 Å². The van der Waals surface area contributed by atoms with Crippen LogP contribution in [0.4, 0.5) is 5.69 Å². The molecule has 0 bridgehead atoms. The molecule has 0 aliphatic carbocycles. The first-order valence-corrected chi connectivity index (χ1v) is 4.07. The molecule has 0 saturated carbocycles. The molecular formula is C10H11N3O. The fourth-order valence-electron chi connectivity index (χ4n) is 0.975. The molecule has 0 radical (unpaired) electrons. The van der Waals surface area contributed by atoms with Crippen LogP contribution in [-0.2, 0) is 0 Å². The number of carbonyl (C=O) groups is 1. The summed E-state index contributed by atoms with van der Waals surface area (Å²) in [7, 11) is 0. The summed E-state index contributed by atoms with van der Waals surface area (Å²) in [4.78, 5) is 11.4. The van der Waals surface area contributed by atoms with Gasteiger partial charge in [0, 0.05) is 11.7 Å². The fourth-order valence-corrected chi connectivity index (χ4v) is 0.975. The third-order valence-electron chi connectivity index (χ3n) is 1.64. The number of hydrogen-bond donors (Lipinski definition) is 3. The monoisotopic (exact) mass is 189 g/mol. The molecule has 4 nitrogen and oxygen atoms in total. The predicted octanol–water partition coefficient (Wildman–Crippen LogP) is -0.0818. The lowest BCUT2D eigenvalue weighted by atomic mass is 10.2. The van der Waals surface area contributed by atoms with Crippen molar-refractivity contribution < 1.29 is 4.79 Å². The maximum atomic E-state index is 11.4. The zero-order chi connectivity index (χ0) is 10.4. The normalized spacial score (nSPS) is 8.57. The Morgan fingerprint density at radius 3 is 2.79 bits per heavy atom. The van der Waals surface area contributed by atoms with Gasteiger partial charge in [0.1, 0.15) is 0 Å². The smallest absolute Gasteiger partial charge is 0.254 e. The molecule has 5 N–H and O–H groups in total. The van der Waals surface area contributed by atoms with E-state index in [0.717, 1.165) is 0 Å². The lowest BCUT2D eigenvalue weighted by molar-refractivity contribution is 0.0959. The van der Waals surface area contributed by atoms with Crippen LogP contribution in [0.1, 0.15) is 10.4 Å². The SMILES string of the molecule is NC#CCNC(=O)c1ccccc1N. The van der Waals surface area contributed by atoms with Crippen molar-refractivity contribution in [2.45, 2.75) is 0 Å². The van der Waals surface area contributed by atoms with Crippen LogP contribution in [0.15, 0.2) is 24.3 Å². The second-order valence-corrected chi connectivity index (χ2v) is 2.59. The summed E-state index contributed by atoms with van der Waals surface area (Å²) >= 11 is 0. The molecule has 0 aliphatic rings. The van der Waals surface area contributed by atoms with E-state index in [9.17, 15) is 4.79 Å². The zero-order valence-electron chi connectivity index (χ0n) is 7.58. The van der Waals surface area contributed by atoms with Crippen LogP contribution in [0.2, 0.25) is 0 Å². The Kier molecular flexibility index (Phi) is 3.39. The molecule has 0 heterocycles. The molecule has 4 heteroatoms. The molecule has 1 rings (SSSR count). The number of nitrogens with one attached hydrogen (secondary N) is 1. The van der Waals surface area contributed by atoms with Gasteiger partial charge in [0.2, 0.25) is 0 Å². The molecule has 72 valence electrons. The van der Waals surface area contributed by atoms with E-state index in [2.05, 4.69) is 17.3 Å². The number of carbonyl (C=O) groups excluding carboxylic acids is 1. The highest BCUT2D eigenvalue weighted by atomic mass is 16.1. The summed E-state index contributed by atoms with van der Waals surface area (Å²) in [5.41, 5.74) is 11.5. The summed E-state index contributed by atoms with van der Waals surface area (Å²) in [6.07, 6.45) is 0. The number of nitrogen functional groups attached to an aromatic ring is 1. The van der Waals surface area contributed by atoms with Crippen molar-refractivity contribution in [3.05, 3.63) is 29.8 Å². The number of para-hydroxylation sites is 1. The van der Waals surface area contributed by atoms with Crippen molar-refractivity contribution in [2.24, 2.45) is 5.73 Å². The molecule has 1 amide bonds. The molecular weight excluding hydrogens is 178 g/mol. The van der Waals surface area contributed by atoms with E-state index >= 15 is 0 Å². The maximum absolute atomic E-state index is 11.4. The molecule has 0 atom stereocenters. The Labute approximate surface area is 82.3 Å². The minimum absolute atomic E-state index is 0.226. The lowest BCUT2D eigenvalue weighted by Gasteiger charge is -2.03. The number of hydrogen-bond acceptors (Lipinski definition) is 3. The number of benzene rings is 1. The topological polar surface area (TPSA) is 81.1 Å². The van der Waals surface area contributed by atoms with E-state index in [1.807, 2.05) is 0 Å². The lowest BCUT2D eigenvalue weighted by Crippen LogP contribution is -2.24. The van der Waals surface area contributed by atoms with Crippen molar-refractivity contribution in [3.8, 4) is 12.0 Å². The first kappa shape index (κ1) is 9.93. The standard InChI is InChI=1S/C10H11N3O/c11-6-3-7-13-10(14)8-4-1-2-5-9(8)12/h1-2,4-5H,7,11-12H2,(H,13,14). The Morgan fingerprint density at radius 2 is 2.14 bits per heavy atom. The van der Waals surface area contributed by atoms with Gasteiger partial charge in [-0.2, -0.15) is 0 Å². The van der Waals surface area contributed by atoms with Gasteiger partial charge in [-0.1, -0.05) is 18.1 Å². The highest BCUT2D eigenvalue weighted by Gasteiger charge is 2.06. The number of rotatable bonds is 2. The second kappa shape index (κ2) is 4.77. The second-order valence-electron chi connectivity index (χ2n) is 2.59. The molecule has 0 aromatic heterocycles. The van der Waals surface area contributed by atoms with Crippen LogP contribution in [0.5, 0.6) is 0 Å². The Hall–Kier alpha value is -2.15. The van der Waals surface area contributed by atoms with E-state index < -0.39 is 0 Å². The number of amides is 1. The molecule has 0 saturated heterocycles. The Morgan fingerprint density at radius 1 is 1.43 bits per heavy atom. The molecule has 14 heavy (non-hydrogen) atoms. The molecule has 1 aromatic rings. The first-order valence-electron chi connectivity index (χ1n) is 4.07. The zero-order valence-corrected chi connectivity index (χ0v) is 7.58. The van der Waals surface area contributed by atoms with Crippen molar-refractivity contribution >= 4 is 11.6 Å². The van der Waals surface area contributed by atoms with Gasteiger partial charge in [-0.05, 0) is 12.1 Å². The Balaban J connectivity index is 2.68. The van der Waals surface area contributed by atoms with Crippen molar-refractivity contribution in [1.82, 2.24) is 5.32 Å². The third kappa shape index (κ3) is 2.42. The van der Waals surface area contributed by atoms with Gasteiger partial charge in [0.15, 0.2) is 0 Å². The van der Waals surface area contributed by atoms with Gasteiger partial charge in [-0.25, -0.2) is 0 Å². The van der Waals surface area contributed by atoms with Crippen LogP contribution in [0.3, 0.4) is 0 Å². The predicted molar refractivity (Wildman–Crippen MR) is 55.2 cm³/mol. The highest BCUT2D eigenvalue weighted by Crippen LogP contribution is 2.09. The van der Waals surface area contributed by atoms with Crippen LogP contribution in [0.25, 0.3) is 0 Å². The molecule has 0 fully saturated rings. The molecule has 1 aromatic carbocycles. The first-order chi connectivity index (χ1) is 6.75. The van der Waals surface area contributed by atoms with Crippen molar-refractivity contribution in [2.75, 3.05) is 12.3 Å². The van der Waals surface area contributed by atoms with Crippen LogP contribution < -0.4 is 16.8 Å². The van der Waals surface area contributed by atoms with Gasteiger partial charge in [0.25, 0.3) is 5.91 Å². The van der Waals surface area contributed by atoms with Gasteiger partial charge in [-0.3, -0.25) is 4.79 Å². The maximum Gasteiger partial charge on any atom is 0.254 e. The highest BCUT2D eigenvalue weighted by molar-refractivity contribution is 5.99. The van der Waals surface area contributed by atoms with Crippen LogP contribution in [0, 0.1) is 12.0 Å². The van der Waals surface area contributed by atoms with Crippen LogP contribution >= 0.6 is 0 Å². The van der Waals surface area contributed by atoms with Crippen molar-refractivity contribution in [3.63, 3.8) is 0 Å². The molecule has 0 unspecified atom stereocenters. The van der Waals surface area contributed by atoms with Gasteiger partial charge < -0.3 is 16.8 Å². The summed E-state index contributed by atoms with van der Waals surface area (Å²) in [5, 5.41) is 2.57. The summed E-state index contributed by atoms with van der Waals surface area (Å²) in [5.74, 6) is 2.28. The molecule has 0 aliphatic heterocycles. The molecule has 0 spiro atoms. The van der Waals surface area contributed by atoms with Gasteiger partial charge in [0.05, 0.1) is 12.1 Å². The quantitative estimate of drug-likeness (QED) is 0.346. The fraction of sp³-hybridized carbons (Fsp3) is 0.100. The van der Waals surface area contributed by atoms with E-state index in [1.54, 1.807) is 24.3 Å². The average Bonchev–Trinajstić information content (AvgIpc) is 2.18. The van der Waals surface area contributed by atoms with Crippen LogP contribution in [-0.4, -0.2) is 12.5 Å². The van der Waals surface area contributed by atoms with Gasteiger partial charge >= 0.3 is 0 Å². The summed E-state index contributed by atoms with van der Waals surface area (Å²) in [6.45, 7) is 0.226. The summed E-state index contributed by atoms with van der Waals surface area (Å²) < 4.78 is 0. The Bertz CT molecular complexity index is 390. The van der Waals surface area contributed by atoms with Crippen molar-refractivity contribution in [1.29, 1.82) is 0 Å². The largest absolute Gasteiger partial charge is 0.398 e.